The highest BCUT2D eigenvalue weighted by atomic mass is 35.5. The van der Waals surface area contributed by atoms with E-state index in [0.717, 1.165) is 12.1 Å². The van der Waals surface area contributed by atoms with Gasteiger partial charge in [0.05, 0.1) is 10.4 Å². The number of halogens is 4. The van der Waals surface area contributed by atoms with Crippen LogP contribution in [0.15, 0.2) is 64.5 Å². The van der Waals surface area contributed by atoms with Gasteiger partial charge in [-0.3, -0.25) is 0 Å². The number of piperidine rings is 1. The molecule has 0 atom stereocenters. The molecule has 0 unspecified atom stereocenters. The Labute approximate surface area is 195 Å². The van der Waals surface area contributed by atoms with Crippen molar-refractivity contribution in [1.29, 1.82) is 0 Å². The lowest BCUT2D eigenvalue weighted by Crippen LogP contribution is -2.43. The third kappa shape index (κ3) is 4.76. The van der Waals surface area contributed by atoms with E-state index in [1.54, 1.807) is 6.07 Å². The molecule has 0 bridgehead atoms. The van der Waals surface area contributed by atoms with Crippen LogP contribution in [0.1, 0.15) is 18.4 Å². The number of hydrogen-bond donors (Lipinski definition) is 2. The standard InChI is InChI=1S/C20H20F3N3O4S2.ClH/c21-20(22,23)18-16-8-4-5-9-17(16)26(32(29,30)15-6-2-1-3-7-15)19(18)31(27,28)25-14-10-12-24-13-11-14;/h1-9,14,24-25H,10-13H2;1H. The Morgan fingerprint density at radius 3 is 2.09 bits per heavy atom. The predicted octanol–water partition coefficient (Wildman–Crippen LogP) is 3.35. The summed E-state index contributed by atoms with van der Waals surface area (Å²) in [5.41, 5.74) is -1.87. The number of sulfonamides is 1. The summed E-state index contributed by atoms with van der Waals surface area (Å²) in [6.07, 6.45) is -4.38. The van der Waals surface area contributed by atoms with Gasteiger partial charge in [0, 0.05) is 11.4 Å². The molecule has 0 radical (unpaired) electrons. The Morgan fingerprint density at radius 1 is 0.909 bits per heavy atom. The van der Waals surface area contributed by atoms with Crippen molar-refractivity contribution in [3.8, 4) is 0 Å². The highest BCUT2D eigenvalue weighted by Crippen LogP contribution is 2.43. The first-order chi connectivity index (χ1) is 15.0. The average Bonchev–Trinajstić information content (AvgIpc) is 3.12. The van der Waals surface area contributed by atoms with Crippen molar-refractivity contribution >= 4 is 43.4 Å². The van der Waals surface area contributed by atoms with Gasteiger partial charge in [-0.1, -0.05) is 36.4 Å². The van der Waals surface area contributed by atoms with E-state index in [0.29, 0.717) is 29.9 Å². The van der Waals surface area contributed by atoms with Gasteiger partial charge in [0.2, 0.25) is 0 Å². The normalized spacial score (nSPS) is 16.0. The molecule has 2 aromatic carbocycles. The number of fused-ring (bicyclic) bond motifs is 1. The van der Waals surface area contributed by atoms with Crippen LogP contribution in [0.25, 0.3) is 10.9 Å². The summed E-state index contributed by atoms with van der Waals surface area (Å²) >= 11 is 0. The van der Waals surface area contributed by atoms with Crippen molar-refractivity contribution in [3.63, 3.8) is 0 Å². The average molecular weight is 524 g/mol. The number of benzene rings is 2. The Kier molecular flexibility index (Phi) is 7.16. The molecular weight excluding hydrogens is 503 g/mol. The number of rotatable bonds is 5. The highest BCUT2D eigenvalue weighted by Gasteiger charge is 2.45. The SMILES string of the molecule is Cl.O=S(=O)(NC1CCNCC1)c1c(C(F)(F)F)c2ccccc2n1S(=O)(=O)c1ccccc1. The first kappa shape index (κ1) is 25.5. The molecule has 0 saturated carbocycles. The van der Waals surface area contributed by atoms with Crippen LogP contribution >= 0.6 is 12.4 Å². The van der Waals surface area contributed by atoms with Gasteiger partial charge in [-0.15, -0.1) is 12.4 Å². The van der Waals surface area contributed by atoms with Gasteiger partial charge < -0.3 is 5.32 Å². The molecule has 33 heavy (non-hydrogen) atoms. The van der Waals surface area contributed by atoms with Crippen molar-refractivity contribution in [3.05, 3.63) is 60.2 Å². The summed E-state index contributed by atoms with van der Waals surface area (Å²) in [4.78, 5) is -0.326. The molecule has 4 rings (SSSR count). The monoisotopic (exact) mass is 523 g/mol. The van der Waals surface area contributed by atoms with Crippen molar-refractivity contribution < 1.29 is 30.0 Å². The Balaban J connectivity index is 0.00000306. The lowest BCUT2D eigenvalue weighted by atomic mass is 10.1. The van der Waals surface area contributed by atoms with Gasteiger partial charge in [-0.05, 0) is 44.1 Å². The van der Waals surface area contributed by atoms with Crippen molar-refractivity contribution in [2.75, 3.05) is 13.1 Å². The van der Waals surface area contributed by atoms with Crippen molar-refractivity contribution in [1.82, 2.24) is 14.0 Å². The van der Waals surface area contributed by atoms with E-state index in [-0.39, 0.29) is 22.8 Å². The van der Waals surface area contributed by atoms with Crippen LogP contribution in [0.2, 0.25) is 0 Å². The Morgan fingerprint density at radius 2 is 1.48 bits per heavy atom. The summed E-state index contributed by atoms with van der Waals surface area (Å²) in [6.45, 7) is 0.981. The fourth-order valence-corrected chi connectivity index (χ4v) is 7.48. The second-order valence-corrected chi connectivity index (χ2v) is 10.8. The summed E-state index contributed by atoms with van der Waals surface area (Å²) in [5.74, 6) is 0. The number of nitrogens with one attached hydrogen (secondary N) is 2. The third-order valence-electron chi connectivity index (χ3n) is 5.27. The zero-order valence-electron chi connectivity index (χ0n) is 17.0. The van der Waals surface area contributed by atoms with E-state index >= 15 is 0 Å². The van der Waals surface area contributed by atoms with E-state index in [1.165, 1.54) is 36.4 Å². The first-order valence-corrected chi connectivity index (χ1v) is 12.7. The maximum absolute atomic E-state index is 14.2. The molecule has 7 nitrogen and oxygen atoms in total. The molecule has 1 aliphatic rings. The van der Waals surface area contributed by atoms with Crippen LogP contribution in [0.5, 0.6) is 0 Å². The molecule has 0 aliphatic carbocycles. The maximum atomic E-state index is 14.2. The molecule has 180 valence electrons. The van der Waals surface area contributed by atoms with Crippen LogP contribution in [0.4, 0.5) is 13.2 Å². The maximum Gasteiger partial charge on any atom is 0.419 e. The number of para-hydroxylation sites is 1. The predicted molar refractivity (Wildman–Crippen MR) is 119 cm³/mol. The molecular formula is C20H21ClF3N3O4S2. The van der Waals surface area contributed by atoms with Crippen molar-refractivity contribution in [2.24, 2.45) is 0 Å². The molecule has 1 fully saturated rings. The third-order valence-corrected chi connectivity index (χ3v) is 8.65. The van der Waals surface area contributed by atoms with Gasteiger partial charge in [0.25, 0.3) is 20.0 Å². The summed E-state index contributed by atoms with van der Waals surface area (Å²) in [6, 6.07) is 11.0. The molecule has 0 spiro atoms. The fourth-order valence-electron chi connectivity index (χ4n) is 3.86. The van der Waals surface area contributed by atoms with Crippen LogP contribution in [-0.4, -0.2) is 39.9 Å². The van der Waals surface area contributed by atoms with Gasteiger partial charge in [-0.2, -0.15) is 13.2 Å². The van der Waals surface area contributed by atoms with E-state index in [4.69, 9.17) is 0 Å². The van der Waals surface area contributed by atoms with Gasteiger partial charge in [-0.25, -0.2) is 25.5 Å². The molecule has 1 saturated heterocycles. The molecule has 3 aromatic rings. The van der Waals surface area contributed by atoms with Gasteiger partial charge >= 0.3 is 6.18 Å². The number of aromatic nitrogens is 1. The first-order valence-electron chi connectivity index (χ1n) is 9.78. The topological polar surface area (TPSA) is 97.3 Å². The zero-order valence-corrected chi connectivity index (χ0v) is 19.5. The second kappa shape index (κ2) is 9.26. The minimum atomic E-state index is -5.12. The zero-order chi connectivity index (χ0) is 23.1. The van der Waals surface area contributed by atoms with Gasteiger partial charge in [0.1, 0.15) is 5.56 Å². The van der Waals surface area contributed by atoms with Gasteiger partial charge in [0.15, 0.2) is 5.03 Å². The molecule has 1 aromatic heterocycles. The minimum Gasteiger partial charge on any atom is -0.317 e. The van der Waals surface area contributed by atoms with Crippen LogP contribution in [0, 0.1) is 0 Å². The second-order valence-electron chi connectivity index (χ2n) is 7.42. The molecule has 2 N–H and O–H groups in total. The van der Waals surface area contributed by atoms with Crippen LogP contribution < -0.4 is 10.0 Å². The Hall–Kier alpha value is -2.12. The largest absolute Gasteiger partial charge is 0.419 e. The quantitative estimate of drug-likeness (QED) is 0.534. The van der Waals surface area contributed by atoms with Crippen molar-refractivity contribution in [2.45, 2.75) is 35.0 Å². The van der Waals surface area contributed by atoms with E-state index in [9.17, 15) is 30.0 Å². The highest BCUT2D eigenvalue weighted by molar-refractivity contribution is 7.92. The molecule has 2 heterocycles. The summed E-state index contributed by atoms with van der Waals surface area (Å²) < 4.78 is 98.7. The van der Waals surface area contributed by atoms with Crippen LogP contribution in [-0.2, 0) is 26.2 Å². The molecule has 1 aliphatic heterocycles. The number of nitrogens with zero attached hydrogens (tertiary/aromatic N) is 1. The smallest absolute Gasteiger partial charge is 0.317 e. The van der Waals surface area contributed by atoms with E-state index in [1.807, 2.05) is 0 Å². The van der Waals surface area contributed by atoms with Crippen LogP contribution in [0.3, 0.4) is 0 Å². The molecule has 13 heteroatoms. The minimum absolute atomic E-state index is 0. The number of alkyl halides is 3. The fraction of sp³-hybridized carbons (Fsp3) is 0.300. The lowest BCUT2D eigenvalue weighted by molar-refractivity contribution is -0.138. The summed E-state index contributed by atoms with van der Waals surface area (Å²) in [7, 11) is -9.55. The number of hydrogen-bond acceptors (Lipinski definition) is 5. The lowest BCUT2D eigenvalue weighted by Gasteiger charge is -2.24. The summed E-state index contributed by atoms with van der Waals surface area (Å²) in [5, 5.41) is 1.20. The van der Waals surface area contributed by atoms with E-state index in [2.05, 4.69) is 10.0 Å². The molecule has 0 amide bonds. The Bertz CT molecular complexity index is 1350. The van der Waals surface area contributed by atoms with E-state index < -0.39 is 48.2 Å².